The molecule has 2 N–H and O–H groups in total. The average Bonchev–Trinajstić information content (AvgIpc) is 3.61. The molecule has 170 valence electrons. The van der Waals surface area contributed by atoms with Crippen molar-refractivity contribution in [1.82, 2.24) is 4.31 Å². The molecule has 1 heterocycles. The van der Waals surface area contributed by atoms with Gasteiger partial charge in [-0.05, 0) is 56.0 Å². The Labute approximate surface area is 187 Å². The quantitative estimate of drug-likeness (QED) is 0.478. The minimum absolute atomic E-state index is 0.118. The van der Waals surface area contributed by atoms with E-state index in [1.165, 1.54) is 34.6 Å². The van der Waals surface area contributed by atoms with Crippen LogP contribution in [0.15, 0.2) is 47.4 Å². The summed E-state index contributed by atoms with van der Waals surface area (Å²) < 4.78 is 27.6. The summed E-state index contributed by atoms with van der Waals surface area (Å²) in [6.07, 6.45) is 5.64. The van der Waals surface area contributed by atoms with Gasteiger partial charge in [0, 0.05) is 36.4 Å². The third-order valence-electron chi connectivity index (χ3n) is 5.69. The Balaban J connectivity index is 1.52. The molecule has 0 bridgehead atoms. The lowest BCUT2D eigenvalue weighted by molar-refractivity contribution is -0.384. The summed E-state index contributed by atoms with van der Waals surface area (Å²) >= 11 is 0. The maximum absolute atomic E-state index is 13.0. The lowest BCUT2D eigenvalue weighted by atomic mass is 10.1. The maximum Gasteiger partial charge on any atom is 0.293 e. The van der Waals surface area contributed by atoms with E-state index in [0.717, 1.165) is 38.5 Å². The van der Waals surface area contributed by atoms with E-state index in [0.29, 0.717) is 24.5 Å². The Morgan fingerprint density at radius 1 is 1.03 bits per heavy atom. The molecule has 4 rings (SSSR count). The number of nitrogens with one attached hydrogen (secondary N) is 2. The smallest absolute Gasteiger partial charge is 0.293 e. The van der Waals surface area contributed by atoms with Gasteiger partial charge in [-0.15, -0.1) is 0 Å². The van der Waals surface area contributed by atoms with Crippen LogP contribution in [0.4, 0.5) is 17.1 Å². The van der Waals surface area contributed by atoms with E-state index < -0.39 is 20.9 Å². The van der Waals surface area contributed by atoms with Gasteiger partial charge in [0.05, 0.1) is 9.82 Å². The van der Waals surface area contributed by atoms with Gasteiger partial charge in [0.2, 0.25) is 10.0 Å². The average molecular weight is 459 g/mol. The van der Waals surface area contributed by atoms with E-state index >= 15 is 0 Å². The summed E-state index contributed by atoms with van der Waals surface area (Å²) in [6, 6.07) is 10.6. The molecule has 1 saturated carbocycles. The van der Waals surface area contributed by atoms with Crippen LogP contribution in [0.5, 0.6) is 0 Å². The molecule has 0 unspecified atom stereocenters. The van der Waals surface area contributed by atoms with Gasteiger partial charge in [-0.2, -0.15) is 4.31 Å². The summed E-state index contributed by atoms with van der Waals surface area (Å²) in [5.41, 5.74) is 0.661. The number of rotatable bonds is 7. The number of nitrogens with zero attached hydrogens (tertiary/aromatic N) is 2. The van der Waals surface area contributed by atoms with Gasteiger partial charge in [-0.1, -0.05) is 18.9 Å². The van der Waals surface area contributed by atoms with Gasteiger partial charge in [-0.25, -0.2) is 8.42 Å². The molecule has 9 nitrogen and oxygen atoms in total. The molecule has 1 aliphatic heterocycles. The Morgan fingerprint density at radius 3 is 2.41 bits per heavy atom. The van der Waals surface area contributed by atoms with Crippen molar-refractivity contribution in [3.05, 3.63) is 58.1 Å². The summed E-state index contributed by atoms with van der Waals surface area (Å²) in [6.45, 7) is 0.980. The van der Waals surface area contributed by atoms with Crippen molar-refractivity contribution >= 4 is 33.0 Å². The van der Waals surface area contributed by atoms with Gasteiger partial charge < -0.3 is 10.6 Å². The first kappa shape index (κ1) is 22.2. The molecule has 10 heteroatoms. The van der Waals surface area contributed by atoms with E-state index in [9.17, 15) is 23.3 Å². The molecule has 2 aromatic carbocycles. The zero-order valence-electron chi connectivity index (χ0n) is 17.6. The zero-order chi connectivity index (χ0) is 22.7. The fourth-order valence-corrected chi connectivity index (χ4v) is 5.33. The highest BCUT2D eigenvalue weighted by Crippen LogP contribution is 2.32. The summed E-state index contributed by atoms with van der Waals surface area (Å²) in [7, 11) is -3.65. The maximum atomic E-state index is 13.0. The van der Waals surface area contributed by atoms with Crippen LogP contribution < -0.4 is 10.6 Å². The number of nitro benzene ring substituents is 1. The highest BCUT2D eigenvalue weighted by Gasteiger charge is 2.27. The molecule has 1 amide bonds. The molecule has 0 spiro atoms. The van der Waals surface area contributed by atoms with Gasteiger partial charge >= 0.3 is 0 Å². The number of hydrogen-bond acceptors (Lipinski definition) is 6. The van der Waals surface area contributed by atoms with Gasteiger partial charge in [0.15, 0.2) is 0 Å². The largest absolute Gasteiger partial charge is 0.377 e. The number of carbonyl (C=O) groups excluding carboxylic acids is 1. The fourth-order valence-electron chi connectivity index (χ4n) is 3.76. The number of sulfonamides is 1. The van der Waals surface area contributed by atoms with Crippen molar-refractivity contribution in [2.45, 2.75) is 49.5 Å². The van der Waals surface area contributed by atoms with Gasteiger partial charge in [0.25, 0.3) is 11.6 Å². The van der Waals surface area contributed by atoms with Crippen LogP contribution in [0, 0.1) is 10.1 Å². The number of carbonyl (C=O) groups is 1. The number of amides is 1. The topological polar surface area (TPSA) is 122 Å². The normalized spacial score (nSPS) is 17.4. The van der Waals surface area contributed by atoms with Crippen LogP contribution in [0.3, 0.4) is 0 Å². The molecular formula is C22H26N4O5S. The van der Waals surface area contributed by atoms with Crippen LogP contribution in [0.1, 0.15) is 48.9 Å². The summed E-state index contributed by atoms with van der Waals surface area (Å²) in [5.74, 6) is -0.546. The molecular weight excluding hydrogens is 432 g/mol. The zero-order valence-corrected chi connectivity index (χ0v) is 18.4. The van der Waals surface area contributed by atoms with Gasteiger partial charge in [0.1, 0.15) is 5.69 Å². The number of benzene rings is 2. The van der Waals surface area contributed by atoms with Crippen LogP contribution in [0.2, 0.25) is 0 Å². The van der Waals surface area contributed by atoms with E-state index in [4.69, 9.17) is 0 Å². The molecule has 2 aromatic rings. The number of nitro groups is 1. The molecule has 0 atom stereocenters. The Morgan fingerprint density at radius 2 is 1.75 bits per heavy atom. The monoisotopic (exact) mass is 458 g/mol. The van der Waals surface area contributed by atoms with Crippen LogP contribution in [0.25, 0.3) is 0 Å². The van der Waals surface area contributed by atoms with Crippen molar-refractivity contribution in [2.24, 2.45) is 0 Å². The van der Waals surface area contributed by atoms with Crippen molar-refractivity contribution in [3.63, 3.8) is 0 Å². The third kappa shape index (κ3) is 5.08. The standard InChI is InChI=1S/C22H26N4O5S/c27-22(16-8-11-20(23-17-9-10-17)21(14-16)26(28)29)24-18-6-5-7-19(15-18)32(30,31)25-12-3-1-2-4-13-25/h5-8,11,14-15,17,23H,1-4,9-10,12-13H2,(H,24,27). The molecule has 2 aliphatic rings. The van der Waals surface area contributed by atoms with E-state index in [1.54, 1.807) is 12.1 Å². The minimum atomic E-state index is -3.65. The van der Waals surface area contributed by atoms with Crippen LogP contribution >= 0.6 is 0 Å². The second-order valence-corrected chi connectivity index (χ2v) is 10.1. The van der Waals surface area contributed by atoms with Crippen LogP contribution in [-0.4, -0.2) is 42.7 Å². The first-order valence-corrected chi connectivity index (χ1v) is 12.3. The fraction of sp³-hybridized carbons (Fsp3) is 0.409. The second kappa shape index (κ2) is 9.25. The Bertz CT molecular complexity index is 1120. The first-order chi connectivity index (χ1) is 15.3. The second-order valence-electron chi connectivity index (χ2n) is 8.21. The van der Waals surface area contributed by atoms with Crippen molar-refractivity contribution in [2.75, 3.05) is 23.7 Å². The SMILES string of the molecule is O=C(Nc1cccc(S(=O)(=O)N2CCCCCC2)c1)c1ccc(NC2CC2)c([N+](=O)[O-])c1. The first-order valence-electron chi connectivity index (χ1n) is 10.8. The van der Waals surface area contributed by atoms with E-state index in [1.807, 2.05) is 0 Å². The van der Waals surface area contributed by atoms with Gasteiger partial charge in [-0.3, -0.25) is 14.9 Å². The molecule has 2 fully saturated rings. The lowest BCUT2D eigenvalue weighted by Crippen LogP contribution is -2.32. The predicted molar refractivity (Wildman–Crippen MR) is 121 cm³/mol. The van der Waals surface area contributed by atoms with Crippen molar-refractivity contribution < 1.29 is 18.1 Å². The van der Waals surface area contributed by atoms with E-state index in [2.05, 4.69) is 10.6 Å². The summed E-state index contributed by atoms with van der Waals surface area (Å²) in [4.78, 5) is 23.8. The highest BCUT2D eigenvalue weighted by molar-refractivity contribution is 7.89. The lowest BCUT2D eigenvalue weighted by Gasteiger charge is -2.20. The number of anilines is 2. The van der Waals surface area contributed by atoms with Crippen molar-refractivity contribution in [3.8, 4) is 0 Å². The predicted octanol–water partition coefficient (Wildman–Crippen LogP) is 3.99. The molecule has 0 radical (unpaired) electrons. The molecule has 1 aliphatic carbocycles. The number of hydrogen-bond donors (Lipinski definition) is 2. The molecule has 1 saturated heterocycles. The van der Waals surface area contributed by atoms with Crippen molar-refractivity contribution in [1.29, 1.82) is 0 Å². The Kier molecular flexibility index (Phi) is 6.43. The van der Waals surface area contributed by atoms with Crippen LogP contribution in [-0.2, 0) is 10.0 Å². The highest BCUT2D eigenvalue weighted by atomic mass is 32.2. The third-order valence-corrected chi connectivity index (χ3v) is 7.58. The van der Waals surface area contributed by atoms with E-state index in [-0.39, 0.29) is 22.2 Å². The minimum Gasteiger partial charge on any atom is -0.377 e. The molecule has 32 heavy (non-hydrogen) atoms. The summed E-state index contributed by atoms with van der Waals surface area (Å²) in [5, 5.41) is 17.2. The molecule has 0 aromatic heterocycles. The Hall–Kier alpha value is -2.98.